The second-order valence-corrected chi connectivity index (χ2v) is 8.03. The van der Waals surface area contributed by atoms with E-state index in [1.807, 2.05) is 0 Å². The van der Waals surface area contributed by atoms with Crippen LogP contribution in [-0.2, 0) is 6.54 Å². The predicted octanol–water partition coefficient (Wildman–Crippen LogP) is 5.38. The number of rotatable bonds is 9. The number of carboxylic acid groups (broad SMARTS) is 1. The van der Waals surface area contributed by atoms with Crippen molar-refractivity contribution in [1.29, 1.82) is 0 Å². The molecule has 0 heterocycles. The maximum atomic E-state index is 13.9. The maximum Gasteiger partial charge on any atom is 0.335 e. The van der Waals surface area contributed by atoms with E-state index in [1.165, 1.54) is 19.2 Å². The highest BCUT2D eigenvalue weighted by Gasteiger charge is 2.27. The summed E-state index contributed by atoms with van der Waals surface area (Å²) in [5.74, 6) is -0.402. The number of carbonyl (C=O) groups is 2. The van der Waals surface area contributed by atoms with Crippen molar-refractivity contribution in [3.05, 3.63) is 89.2 Å². The van der Waals surface area contributed by atoms with Crippen molar-refractivity contribution in [3.63, 3.8) is 0 Å². The molecule has 0 bridgehead atoms. The monoisotopic (exact) mass is 449 g/mol. The zero-order valence-electron chi connectivity index (χ0n) is 18.2. The van der Waals surface area contributed by atoms with Crippen LogP contribution in [-0.4, -0.2) is 35.5 Å². The standard InChI is InChI=1S/C26H24FNO5/c1-32-24-22(27)3-2-4-23(24)33-21-13-11-19(12-14-21)25(29)28(15-17-5-6-17)16-18-7-9-20(10-8-18)26(30)31/h2-4,7-14,17H,5-6,15-16H2,1H3,(H,30,31). The van der Waals surface area contributed by atoms with Crippen LogP contribution in [0.5, 0.6) is 17.2 Å². The Labute approximate surface area is 191 Å². The van der Waals surface area contributed by atoms with Crippen molar-refractivity contribution in [3.8, 4) is 17.2 Å². The summed E-state index contributed by atoms with van der Waals surface area (Å²) < 4.78 is 24.7. The first-order valence-corrected chi connectivity index (χ1v) is 10.7. The third-order valence-corrected chi connectivity index (χ3v) is 5.50. The smallest absolute Gasteiger partial charge is 0.335 e. The largest absolute Gasteiger partial charge is 0.490 e. The van der Waals surface area contributed by atoms with E-state index in [0.29, 0.717) is 30.3 Å². The van der Waals surface area contributed by atoms with Crippen molar-refractivity contribution in [2.45, 2.75) is 19.4 Å². The van der Waals surface area contributed by atoms with Gasteiger partial charge in [0.2, 0.25) is 0 Å². The Hall–Kier alpha value is -3.87. The molecule has 6 nitrogen and oxygen atoms in total. The van der Waals surface area contributed by atoms with Gasteiger partial charge in [0.25, 0.3) is 5.91 Å². The molecule has 0 aromatic heterocycles. The summed E-state index contributed by atoms with van der Waals surface area (Å²) in [5.41, 5.74) is 1.59. The molecule has 33 heavy (non-hydrogen) atoms. The molecular weight excluding hydrogens is 425 g/mol. The fourth-order valence-electron chi connectivity index (χ4n) is 3.55. The van der Waals surface area contributed by atoms with Gasteiger partial charge in [-0.3, -0.25) is 4.79 Å². The first kappa shape index (κ1) is 22.3. The van der Waals surface area contributed by atoms with E-state index in [2.05, 4.69) is 0 Å². The van der Waals surface area contributed by atoms with Crippen LogP contribution in [0.1, 0.15) is 39.1 Å². The van der Waals surface area contributed by atoms with E-state index in [1.54, 1.807) is 59.5 Å². The number of para-hydroxylation sites is 1. The number of aromatic carboxylic acids is 1. The lowest BCUT2D eigenvalue weighted by atomic mass is 10.1. The third-order valence-electron chi connectivity index (χ3n) is 5.50. The van der Waals surface area contributed by atoms with Gasteiger partial charge in [0.1, 0.15) is 5.75 Å². The Morgan fingerprint density at radius 2 is 1.67 bits per heavy atom. The molecule has 170 valence electrons. The molecule has 0 aliphatic heterocycles. The number of hydrogen-bond acceptors (Lipinski definition) is 4. The number of hydrogen-bond donors (Lipinski definition) is 1. The fraction of sp³-hybridized carbons (Fsp3) is 0.231. The van der Waals surface area contributed by atoms with Crippen molar-refractivity contribution < 1.29 is 28.6 Å². The average Bonchev–Trinajstić information content (AvgIpc) is 3.63. The Balaban J connectivity index is 1.48. The van der Waals surface area contributed by atoms with Gasteiger partial charge in [0, 0.05) is 18.7 Å². The molecule has 1 aliphatic rings. The van der Waals surface area contributed by atoms with Crippen molar-refractivity contribution >= 4 is 11.9 Å². The van der Waals surface area contributed by atoms with Crippen LogP contribution >= 0.6 is 0 Å². The summed E-state index contributed by atoms with van der Waals surface area (Å²) in [6.45, 7) is 1.05. The number of carboxylic acids is 1. The summed E-state index contributed by atoms with van der Waals surface area (Å²) in [6.07, 6.45) is 2.20. The summed E-state index contributed by atoms with van der Waals surface area (Å²) in [5, 5.41) is 9.08. The summed E-state index contributed by atoms with van der Waals surface area (Å²) >= 11 is 0. The van der Waals surface area contributed by atoms with Crippen LogP contribution in [0.4, 0.5) is 4.39 Å². The van der Waals surface area contributed by atoms with Crippen molar-refractivity contribution in [2.75, 3.05) is 13.7 Å². The third kappa shape index (κ3) is 5.49. The van der Waals surface area contributed by atoms with Gasteiger partial charge in [0.15, 0.2) is 17.3 Å². The van der Waals surface area contributed by atoms with Crippen LogP contribution in [0.2, 0.25) is 0 Å². The zero-order chi connectivity index (χ0) is 23.4. The second-order valence-electron chi connectivity index (χ2n) is 8.03. The van der Waals surface area contributed by atoms with Crippen LogP contribution in [0.15, 0.2) is 66.7 Å². The van der Waals surface area contributed by atoms with E-state index in [0.717, 1.165) is 18.4 Å². The molecule has 0 unspecified atom stereocenters. The quantitative estimate of drug-likeness (QED) is 0.475. The lowest BCUT2D eigenvalue weighted by Crippen LogP contribution is -2.32. The number of methoxy groups -OCH3 is 1. The number of amides is 1. The highest BCUT2D eigenvalue weighted by molar-refractivity contribution is 5.94. The summed E-state index contributed by atoms with van der Waals surface area (Å²) in [6, 6.07) is 17.7. The SMILES string of the molecule is COc1c(F)cccc1Oc1ccc(C(=O)N(Cc2ccc(C(=O)O)cc2)CC2CC2)cc1. The average molecular weight is 449 g/mol. The molecule has 3 aromatic carbocycles. The van der Waals surface area contributed by atoms with Crippen molar-refractivity contribution in [2.24, 2.45) is 5.92 Å². The molecule has 1 fully saturated rings. The summed E-state index contributed by atoms with van der Waals surface area (Å²) in [4.78, 5) is 26.1. The van der Waals surface area contributed by atoms with Crippen LogP contribution in [0.3, 0.4) is 0 Å². The molecular formula is C26H24FNO5. The fourth-order valence-corrected chi connectivity index (χ4v) is 3.55. The van der Waals surface area contributed by atoms with Crippen molar-refractivity contribution in [1.82, 2.24) is 4.90 Å². The molecule has 0 radical (unpaired) electrons. The molecule has 0 atom stereocenters. The molecule has 0 spiro atoms. The van der Waals surface area contributed by atoms with Gasteiger partial charge in [-0.05, 0) is 72.9 Å². The number of halogens is 1. The van der Waals surface area contributed by atoms with Crippen LogP contribution in [0.25, 0.3) is 0 Å². The van der Waals surface area contributed by atoms with Gasteiger partial charge in [-0.15, -0.1) is 0 Å². The zero-order valence-corrected chi connectivity index (χ0v) is 18.2. The van der Waals surface area contributed by atoms with Crippen LogP contribution < -0.4 is 9.47 Å². The molecule has 4 rings (SSSR count). The van der Waals surface area contributed by atoms with Gasteiger partial charge in [-0.25, -0.2) is 9.18 Å². The lowest BCUT2D eigenvalue weighted by Gasteiger charge is -2.23. The second kappa shape index (κ2) is 9.73. The van der Waals surface area contributed by atoms with E-state index in [4.69, 9.17) is 14.6 Å². The first-order valence-electron chi connectivity index (χ1n) is 10.7. The first-order chi connectivity index (χ1) is 15.9. The molecule has 1 N–H and O–H groups in total. The Bertz CT molecular complexity index is 1140. The summed E-state index contributed by atoms with van der Waals surface area (Å²) in [7, 11) is 1.37. The van der Waals surface area contributed by atoms with Gasteiger partial charge < -0.3 is 19.5 Å². The number of nitrogens with zero attached hydrogens (tertiary/aromatic N) is 1. The predicted molar refractivity (Wildman–Crippen MR) is 120 cm³/mol. The topological polar surface area (TPSA) is 76.1 Å². The highest BCUT2D eigenvalue weighted by atomic mass is 19.1. The molecule has 7 heteroatoms. The molecule has 3 aromatic rings. The molecule has 1 amide bonds. The van der Waals surface area contributed by atoms with Crippen LogP contribution in [0, 0.1) is 11.7 Å². The van der Waals surface area contributed by atoms with Gasteiger partial charge in [-0.2, -0.15) is 0 Å². The van der Waals surface area contributed by atoms with Gasteiger partial charge >= 0.3 is 5.97 Å². The Morgan fingerprint density at radius 1 is 1.00 bits per heavy atom. The van der Waals surface area contributed by atoms with E-state index in [-0.39, 0.29) is 23.0 Å². The minimum Gasteiger partial charge on any atom is -0.490 e. The molecule has 0 saturated heterocycles. The number of benzene rings is 3. The highest BCUT2D eigenvalue weighted by Crippen LogP contribution is 2.34. The normalized spacial score (nSPS) is 12.8. The van der Waals surface area contributed by atoms with E-state index >= 15 is 0 Å². The Kier molecular flexibility index (Phi) is 6.58. The minimum atomic E-state index is -0.981. The van der Waals surface area contributed by atoms with E-state index < -0.39 is 11.8 Å². The minimum absolute atomic E-state index is 0.0159. The number of ether oxygens (including phenoxy) is 2. The maximum absolute atomic E-state index is 13.9. The lowest BCUT2D eigenvalue weighted by molar-refractivity contribution is 0.0693. The number of carbonyl (C=O) groups excluding carboxylic acids is 1. The molecule has 1 saturated carbocycles. The Morgan fingerprint density at radius 3 is 2.27 bits per heavy atom. The molecule has 1 aliphatic carbocycles. The van der Waals surface area contributed by atoms with E-state index in [9.17, 15) is 14.0 Å². The van der Waals surface area contributed by atoms with Gasteiger partial charge in [-0.1, -0.05) is 18.2 Å². The van der Waals surface area contributed by atoms with Gasteiger partial charge in [0.05, 0.1) is 12.7 Å².